The second-order valence-electron chi connectivity index (χ2n) is 3.68. The Hall–Kier alpha value is -0.830. The lowest BCUT2D eigenvalue weighted by molar-refractivity contribution is 1.29. The van der Waals surface area contributed by atoms with Crippen LogP contribution in [0.2, 0.25) is 10.0 Å². The number of aryl methyl sites for hydroxylation is 1. The van der Waals surface area contributed by atoms with Gasteiger partial charge in [-0.05, 0) is 30.7 Å². The van der Waals surface area contributed by atoms with Crippen LogP contribution in [0.1, 0.15) is 5.56 Å². The Morgan fingerprint density at radius 1 is 1.06 bits per heavy atom. The molecule has 0 atom stereocenters. The zero-order chi connectivity index (χ0) is 12.4. The molecule has 0 aliphatic carbocycles. The topological polar surface area (TPSA) is 26.0 Å². The van der Waals surface area contributed by atoms with Crippen LogP contribution in [0, 0.1) is 6.92 Å². The summed E-state index contributed by atoms with van der Waals surface area (Å²) < 4.78 is 0. The maximum atomic E-state index is 6.15. The van der Waals surface area contributed by atoms with E-state index < -0.39 is 0 Å². The van der Waals surface area contributed by atoms with Gasteiger partial charge in [-0.1, -0.05) is 53.2 Å². The van der Waals surface area contributed by atoms with Gasteiger partial charge in [-0.3, -0.25) is 0 Å². The predicted octanol–water partition coefficient (Wildman–Crippen LogP) is 5.04. The standard InChI is InChI=1S/C13H11Cl2NS/c1-8-4-2-3-5-12(8)17-13-10(14)6-9(16)7-11(13)15/h2-7H,16H2,1H3. The van der Waals surface area contributed by atoms with Gasteiger partial charge in [0.15, 0.2) is 0 Å². The summed E-state index contributed by atoms with van der Waals surface area (Å²) in [6.45, 7) is 2.06. The Morgan fingerprint density at radius 3 is 2.24 bits per heavy atom. The van der Waals surface area contributed by atoms with Crippen LogP contribution in [0.15, 0.2) is 46.2 Å². The number of benzene rings is 2. The molecule has 2 N–H and O–H groups in total. The highest BCUT2D eigenvalue weighted by Crippen LogP contribution is 2.40. The van der Waals surface area contributed by atoms with Gasteiger partial charge in [0, 0.05) is 15.5 Å². The molecule has 0 saturated carbocycles. The highest BCUT2D eigenvalue weighted by molar-refractivity contribution is 7.99. The van der Waals surface area contributed by atoms with Crippen molar-refractivity contribution in [2.24, 2.45) is 0 Å². The normalized spacial score (nSPS) is 10.5. The third kappa shape index (κ3) is 2.89. The maximum absolute atomic E-state index is 6.15. The smallest absolute Gasteiger partial charge is 0.0581 e. The minimum Gasteiger partial charge on any atom is -0.399 e. The molecule has 0 fully saturated rings. The molecule has 0 aliphatic heterocycles. The molecule has 0 heterocycles. The molecule has 2 aromatic rings. The highest BCUT2D eigenvalue weighted by atomic mass is 35.5. The van der Waals surface area contributed by atoms with Crippen LogP contribution >= 0.6 is 35.0 Å². The Morgan fingerprint density at radius 2 is 1.65 bits per heavy atom. The van der Waals surface area contributed by atoms with Gasteiger partial charge >= 0.3 is 0 Å². The van der Waals surface area contributed by atoms with Crippen LogP contribution in [0.3, 0.4) is 0 Å². The monoisotopic (exact) mass is 283 g/mol. The van der Waals surface area contributed by atoms with Crippen molar-refractivity contribution >= 4 is 40.7 Å². The quantitative estimate of drug-likeness (QED) is 0.782. The second kappa shape index (κ2) is 5.21. The van der Waals surface area contributed by atoms with Gasteiger partial charge in [0.2, 0.25) is 0 Å². The maximum Gasteiger partial charge on any atom is 0.0581 e. The average molecular weight is 284 g/mol. The molecule has 2 aromatic carbocycles. The molecule has 4 heteroatoms. The third-order valence-corrected chi connectivity index (χ3v) is 4.47. The van der Waals surface area contributed by atoms with Crippen LogP contribution in [-0.2, 0) is 0 Å². The second-order valence-corrected chi connectivity index (χ2v) is 5.55. The van der Waals surface area contributed by atoms with E-state index in [1.807, 2.05) is 18.2 Å². The van der Waals surface area contributed by atoms with Gasteiger partial charge in [-0.15, -0.1) is 0 Å². The summed E-state index contributed by atoms with van der Waals surface area (Å²) in [7, 11) is 0. The Bertz CT molecular complexity index is 532. The van der Waals surface area contributed by atoms with E-state index >= 15 is 0 Å². The first-order chi connectivity index (χ1) is 8.08. The molecule has 0 saturated heterocycles. The van der Waals surface area contributed by atoms with E-state index in [4.69, 9.17) is 28.9 Å². The molecule has 0 bridgehead atoms. The minimum atomic E-state index is 0.578. The fourth-order valence-corrected chi connectivity index (χ4v) is 3.10. The summed E-state index contributed by atoms with van der Waals surface area (Å²) in [4.78, 5) is 1.98. The summed E-state index contributed by atoms with van der Waals surface area (Å²) in [5.41, 5.74) is 7.45. The first kappa shape index (κ1) is 12.6. The molecule has 0 aliphatic rings. The van der Waals surface area contributed by atoms with E-state index in [0.29, 0.717) is 15.7 Å². The van der Waals surface area contributed by atoms with Crippen molar-refractivity contribution < 1.29 is 0 Å². The molecule has 0 amide bonds. The molecule has 17 heavy (non-hydrogen) atoms. The van der Waals surface area contributed by atoms with Crippen LogP contribution in [0.4, 0.5) is 5.69 Å². The summed E-state index contributed by atoms with van der Waals surface area (Å²) in [5, 5.41) is 1.17. The van der Waals surface area contributed by atoms with Crippen LogP contribution < -0.4 is 5.73 Å². The summed E-state index contributed by atoms with van der Waals surface area (Å²) in [6, 6.07) is 11.5. The van der Waals surface area contributed by atoms with Crippen molar-refractivity contribution in [1.82, 2.24) is 0 Å². The van der Waals surface area contributed by atoms with Crippen molar-refractivity contribution in [2.75, 3.05) is 5.73 Å². The molecule has 0 spiro atoms. The van der Waals surface area contributed by atoms with Crippen LogP contribution in [0.5, 0.6) is 0 Å². The number of hydrogen-bond donors (Lipinski definition) is 1. The number of halogens is 2. The van der Waals surface area contributed by atoms with E-state index in [0.717, 1.165) is 9.79 Å². The van der Waals surface area contributed by atoms with E-state index in [2.05, 4.69) is 13.0 Å². The third-order valence-electron chi connectivity index (χ3n) is 2.33. The van der Waals surface area contributed by atoms with E-state index in [9.17, 15) is 0 Å². The van der Waals surface area contributed by atoms with Gasteiger partial charge in [-0.2, -0.15) is 0 Å². The van der Waals surface area contributed by atoms with Gasteiger partial charge in [0.1, 0.15) is 0 Å². The largest absolute Gasteiger partial charge is 0.399 e. The summed E-state index contributed by atoms with van der Waals surface area (Å²) >= 11 is 13.9. The molecule has 1 nitrogen and oxygen atoms in total. The SMILES string of the molecule is Cc1ccccc1Sc1c(Cl)cc(N)cc1Cl. The van der Waals surface area contributed by atoms with Gasteiger partial charge < -0.3 is 5.73 Å². The molecule has 0 radical (unpaired) electrons. The number of nitrogens with two attached hydrogens (primary N) is 1. The van der Waals surface area contributed by atoms with E-state index in [1.54, 1.807) is 23.9 Å². The molecular weight excluding hydrogens is 273 g/mol. The van der Waals surface area contributed by atoms with E-state index in [1.165, 1.54) is 5.56 Å². The van der Waals surface area contributed by atoms with Crippen molar-refractivity contribution in [2.45, 2.75) is 16.7 Å². The summed E-state index contributed by atoms with van der Waals surface area (Å²) in [5.74, 6) is 0. The lowest BCUT2D eigenvalue weighted by Gasteiger charge is -2.09. The number of rotatable bonds is 2. The lowest BCUT2D eigenvalue weighted by atomic mass is 10.2. The van der Waals surface area contributed by atoms with Crippen molar-refractivity contribution in [3.63, 3.8) is 0 Å². The number of hydrogen-bond acceptors (Lipinski definition) is 2. The van der Waals surface area contributed by atoms with Crippen LogP contribution in [-0.4, -0.2) is 0 Å². The minimum absolute atomic E-state index is 0.578. The van der Waals surface area contributed by atoms with Gasteiger partial charge in [-0.25, -0.2) is 0 Å². The average Bonchev–Trinajstić information content (AvgIpc) is 2.25. The Kier molecular flexibility index (Phi) is 3.87. The molecular formula is C13H11Cl2NS. The first-order valence-corrected chi connectivity index (χ1v) is 6.63. The molecule has 0 unspecified atom stereocenters. The van der Waals surface area contributed by atoms with Gasteiger partial charge in [0.25, 0.3) is 0 Å². The first-order valence-electron chi connectivity index (χ1n) is 5.06. The number of nitrogen functional groups attached to an aromatic ring is 1. The molecule has 2 rings (SSSR count). The zero-order valence-corrected chi connectivity index (χ0v) is 11.5. The van der Waals surface area contributed by atoms with Gasteiger partial charge in [0.05, 0.1) is 10.0 Å². The fourth-order valence-electron chi connectivity index (χ4n) is 1.46. The number of anilines is 1. The van der Waals surface area contributed by atoms with Crippen molar-refractivity contribution in [3.8, 4) is 0 Å². The van der Waals surface area contributed by atoms with Crippen molar-refractivity contribution in [1.29, 1.82) is 0 Å². The fraction of sp³-hybridized carbons (Fsp3) is 0.0769. The van der Waals surface area contributed by atoms with Crippen LogP contribution in [0.25, 0.3) is 0 Å². The Labute approximate surface area is 115 Å². The van der Waals surface area contributed by atoms with E-state index in [-0.39, 0.29) is 0 Å². The molecule has 0 aromatic heterocycles. The lowest BCUT2D eigenvalue weighted by Crippen LogP contribution is -1.87. The Balaban J connectivity index is 2.40. The summed E-state index contributed by atoms with van der Waals surface area (Å²) in [6.07, 6.45) is 0. The van der Waals surface area contributed by atoms with Crippen molar-refractivity contribution in [3.05, 3.63) is 52.0 Å². The predicted molar refractivity (Wildman–Crippen MR) is 76.2 cm³/mol. The zero-order valence-electron chi connectivity index (χ0n) is 9.21. The molecule has 88 valence electrons. The highest BCUT2D eigenvalue weighted by Gasteiger charge is 2.10.